The molecule has 0 spiro atoms. The molecule has 0 amide bonds. The molecular formula is C15H21NO2Si. The van der Waals surface area contributed by atoms with Crippen LogP contribution in [0.4, 0.5) is 0 Å². The van der Waals surface area contributed by atoms with E-state index in [9.17, 15) is 4.79 Å². The first-order valence-corrected chi connectivity index (χ1v) is 9.65. The Kier molecular flexibility index (Phi) is 5.31. The molecule has 19 heavy (non-hydrogen) atoms. The van der Waals surface area contributed by atoms with E-state index in [1.54, 1.807) is 12.1 Å². The van der Waals surface area contributed by atoms with Crippen molar-refractivity contribution >= 4 is 14.1 Å². The van der Waals surface area contributed by atoms with Gasteiger partial charge in [0.25, 0.3) is 0 Å². The fourth-order valence-electron chi connectivity index (χ4n) is 2.23. The molecule has 0 fully saturated rings. The Morgan fingerprint density at radius 2 is 1.89 bits per heavy atom. The molecule has 0 N–H and O–H groups in total. The van der Waals surface area contributed by atoms with Crippen LogP contribution in [0.15, 0.2) is 24.3 Å². The lowest BCUT2D eigenvalue weighted by atomic mass is 10.1. The van der Waals surface area contributed by atoms with Gasteiger partial charge in [0.05, 0.1) is 12.5 Å². The van der Waals surface area contributed by atoms with Crippen LogP contribution in [0.2, 0.25) is 19.1 Å². The molecule has 0 bridgehead atoms. The number of ketones is 1. The maximum atomic E-state index is 11.5. The normalized spacial score (nSPS) is 11.2. The molecule has 1 aromatic rings. The van der Waals surface area contributed by atoms with Crippen molar-refractivity contribution in [2.45, 2.75) is 39.4 Å². The Morgan fingerprint density at radius 1 is 1.32 bits per heavy atom. The number of benzene rings is 1. The first-order valence-electron chi connectivity index (χ1n) is 6.53. The van der Waals surface area contributed by atoms with Gasteiger partial charge < -0.3 is 4.43 Å². The molecule has 0 aliphatic carbocycles. The summed E-state index contributed by atoms with van der Waals surface area (Å²) in [5.41, 5.74) is 0.567. The second kappa shape index (κ2) is 6.53. The molecule has 0 atom stereocenters. The summed E-state index contributed by atoms with van der Waals surface area (Å²) in [6.45, 7) is 8.78. The SMILES string of the molecule is CC(C)C[Si](C)(C)Oc1ccc(C(=O)CC#N)cc1. The monoisotopic (exact) mass is 275 g/mol. The first-order chi connectivity index (χ1) is 8.84. The van der Waals surface area contributed by atoms with Gasteiger partial charge in [-0.15, -0.1) is 0 Å². The van der Waals surface area contributed by atoms with E-state index in [2.05, 4.69) is 26.9 Å². The first kappa shape index (κ1) is 15.5. The summed E-state index contributed by atoms with van der Waals surface area (Å²) in [5, 5.41) is 8.50. The highest BCUT2D eigenvalue weighted by atomic mass is 28.4. The predicted octanol–water partition coefficient (Wildman–Crippen LogP) is 4.02. The number of rotatable bonds is 6. The lowest BCUT2D eigenvalue weighted by Crippen LogP contribution is -2.35. The fraction of sp³-hybridized carbons (Fsp3) is 0.467. The van der Waals surface area contributed by atoms with Crippen LogP contribution in [0.5, 0.6) is 5.75 Å². The Morgan fingerprint density at radius 3 is 2.37 bits per heavy atom. The van der Waals surface area contributed by atoms with E-state index in [0.717, 1.165) is 11.8 Å². The van der Waals surface area contributed by atoms with Gasteiger partial charge in [0.1, 0.15) is 5.75 Å². The number of Topliss-reactive ketones (excluding diaryl/α,β-unsaturated/α-hetero) is 1. The van der Waals surface area contributed by atoms with Gasteiger partial charge in [0.2, 0.25) is 8.32 Å². The van der Waals surface area contributed by atoms with E-state index in [0.29, 0.717) is 11.5 Å². The van der Waals surface area contributed by atoms with E-state index in [-0.39, 0.29) is 12.2 Å². The van der Waals surface area contributed by atoms with E-state index < -0.39 is 8.32 Å². The minimum absolute atomic E-state index is 0.0756. The second-order valence-electron chi connectivity index (χ2n) is 5.74. The largest absolute Gasteiger partial charge is 0.544 e. The molecule has 0 saturated heterocycles. The number of hydrogen-bond donors (Lipinski definition) is 0. The Hall–Kier alpha value is -1.60. The van der Waals surface area contributed by atoms with Gasteiger partial charge in [-0.2, -0.15) is 5.26 Å². The number of nitriles is 1. The number of carbonyl (C=O) groups excluding carboxylic acids is 1. The minimum Gasteiger partial charge on any atom is -0.544 e. The smallest absolute Gasteiger partial charge is 0.245 e. The standard InChI is InChI=1S/C15H21NO2Si/c1-12(2)11-19(3,4)18-14-7-5-13(6-8-14)15(17)9-10-16/h5-8,12H,9,11H2,1-4H3. The molecule has 0 aliphatic rings. The highest BCUT2D eigenvalue weighted by Gasteiger charge is 2.25. The number of nitrogens with zero attached hydrogens (tertiary/aromatic N) is 1. The Labute approximate surface area is 116 Å². The molecule has 0 unspecified atom stereocenters. The van der Waals surface area contributed by atoms with Crippen LogP contribution in [0, 0.1) is 17.2 Å². The van der Waals surface area contributed by atoms with E-state index in [4.69, 9.17) is 9.69 Å². The van der Waals surface area contributed by atoms with Gasteiger partial charge in [-0.05, 0) is 49.3 Å². The van der Waals surface area contributed by atoms with Crippen molar-refractivity contribution in [2.75, 3.05) is 0 Å². The third-order valence-electron chi connectivity index (χ3n) is 2.71. The zero-order chi connectivity index (χ0) is 14.5. The van der Waals surface area contributed by atoms with Crippen molar-refractivity contribution in [3.05, 3.63) is 29.8 Å². The quantitative estimate of drug-likeness (QED) is 0.582. The van der Waals surface area contributed by atoms with Gasteiger partial charge >= 0.3 is 0 Å². The summed E-state index contributed by atoms with van der Waals surface area (Å²) >= 11 is 0. The van der Waals surface area contributed by atoms with Gasteiger partial charge in [-0.3, -0.25) is 4.79 Å². The molecule has 4 heteroatoms. The molecule has 1 rings (SSSR count). The van der Waals surface area contributed by atoms with Crippen LogP contribution in [-0.4, -0.2) is 14.1 Å². The second-order valence-corrected chi connectivity index (χ2v) is 9.87. The average Bonchev–Trinajstić information content (AvgIpc) is 2.27. The summed E-state index contributed by atoms with van der Waals surface area (Å²) in [6, 6.07) is 10.1. The summed E-state index contributed by atoms with van der Waals surface area (Å²) < 4.78 is 6.07. The average molecular weight is 275 g/mol. The van der Waals surface area contributed by atoms with Crippen LogP contribution in [0.1, 0.15) is 30.6 Å². The van der Waals surface area contributed by atoms with Crippen molar-refractivity contribution in [2.24, 2.45) is 5.92 Å². The van der Waals surface area contributed by atoms with Gasteiger partial charge in [-0.1, -0.05) is 13.8 Å². The van der Waals surface area contributed by atoms with Crippen LogP contribution in [-0.2, 0) is 0 Å². The van der Waals surface area contributed by atoms with Crippen LogP contribution < -0.4 is 4.43 Å². The molecule has 0 saturated carbocycles. The minimum atomic E-state index is -1.70. The van der Waals surface area contributed by atoms with E-state index in [1.807, 2.05) is 18.2 Å². The van der Waals surface area contributed by atoms with Crippen molar-refractivity contribution in [1.29, 1.82) is 5.26 Å². The van der Waals surface area contributed by atoms with Crippen LogP contribution in [0.25, 0.3) is 0 Å². The zero-order valence-corrected chi connectivity index (χ0v) is 13.1. The third-order valence-corrected chi connectivity index (χ3v) is 5.30. The number of hydrogen-bond acceptors (Lipinski definition) is 3. The molecule has 0 aliphatic heterocycles. The molecular weight excluding hydrogens is 254 g/mol. The van der Waals surface area contributed by atoms with Gasteiger partial charge in [0.15, 0.2) is 5.78 Å². The summed E-state index contributed by atoms with van der Waals surface area (Å²) in [4.78, 5) is 11.5. The molecule has 0 aromatic heterocycles. The van der Waals surface area contributed by atoms with Gasteiger partial charge in [-0.25, -0.2) is 0 Å². The molecule has 0 heterocycles. The summed E-state index contributed by atoms with van der Waals surface area (Å²) in [7, 11) is -1.70. The predicted molar refractivity (Wildman–Crippen MR) is 78.8 cm³/mol. The Bertz CT molecular complexity index is 472. The molecule has 0 radical (unpaired) electrons. The lowest BCUT2D eigenvalue weighted by Gasteiger charge is -2.25. The van der Waals surface area contributed by atoms with Crippen LogP contribution >= 0.6 is 0 Å². The third kappa shape index (κ3) is 5.27. The van der Waals surface area contributed by atoms with Crippen molar-refractivity contribution in [3.8, 4) is 11.8 Å². The van der Waals surface area contributed by atoms with Crippen molar-refractivity contribution in [3.63, 3.8) is 0 Å². The van der Waals surface area contributed by atoms with Gasteiger partial charge in [0, 0.05) is 5.56 Å². The highest BCUT2D eigenvalue weighted by molar-refractivity contribution is 6.71. The molecule has 102 valence electrons. The summed E-state index contributed by atoms with van der Waals surface area (Å²) in [6.07, 6.45) is -0.0756. The van der Waals surface area contributed by atoms with E-state index in [1.165, 1.54) is 0 Å². The Balaban J connectivity index is 2.72. The maximum Gasteiger partial charge on any atom is 0.245 e. The zero-order valence-electron chi connectivity index (χ0n) is 12.1. The highest BCUT2D eigenvalue weighted by Crippen LogP contribution is 2.22. The van der Waals surface area contributed by atoms with Crippen LogP contribution in [0.3, 0.4) is 0 Å². The molecule has 3 nitrogen and oxygen atoms in total. The molecule has 1 aromatic carbocycles. The van der Waals surface area contributed by atoms with E-state index >= 15 is 0 Å². The summed E-state index contributed by atoms with van der Waals surface area (Å²) in [5.74, 6) is 1.29. The number of carbonyl (C=O) groups is 1. The topological polar surface area (TPSA) is 50.1 Å². The fourth-order valence-corrected chi connectivity index (χ4v) is 5.05. The van der Waals surface area contributed by atoms with Crippen molar-refractivity contribution < 1.29 is 9.22 Å². The lowest BCUT2D eigenvalue weighted by molar-refractivity contribution is 0.0997. The van der Waals surface area contributed by atoms with Crippen molar-refractivity contribution in [1.82, 2.24) is 0 Å². The maximum absolute atomic E-state index is 11.5.